The van der Waals surface area contributed by atoms with Gasteiger partial charge in [0.05, 0.1) is 6.61 Å². The molecule has 5 heteroatoms. The monoisotopic (exact) mass is 813 g/mol. The number of hydrogen-bond donors (Lipinski definition) is 0. The molecule has 58 heavy (non-hydrogen) atoms. The van der Waals surface area contributed by atoms with Gasteiger partial charge in [-0.1, -0.05) is 198 Å². The Morgan fingerprint density at radius 2 is 0.741 bits per heavy atom. The van der Waals surface area contributed by atoms with E-state index in [1.165, 1.54) is 148 Å². The van der Waals surface area contributed by atoms with Crippen molar-refractivity contribution in [1.29, 1.82) is 0 Å². The Labute approximate surface area is 361 Å². The highest BCUT2D eigenvalue weighted by molar-refractivity contribution is 5.70. The predicted molar refractivity (Wildman–Crippen MR) is 251 cm³/mol. The third kappa shape index (κ3) is 46.5. The lowest BCUT2D eigenvalue weighted by Gasteiger charge is -2.18. The first-order valence-corrected chi connectivity index (χ1v) is 25.2. The van der Waals surface area contributed by atoms with Crippen LogP contribution in [0.25, 0.3) is 0 Å². The van der Waals surface area contributed by atoms with Crippen molar-refractivity contribution in [3.8, 4) is 0 Å². The van der Waals surface area contributed by atoms with Gasteiger partial charge in [0.2, 0.25) is 0 Å². The van der Waals surface area contributed by atoms with E-state index in [0.29, 0.717) is 19.4 Å². The van der Waals surface area contributed by atoms with E-state index >= 15 is 0 Å². The Kier molecular flexibility index (Phi) is 47.4. The van der Waals surface area contributed by atoms with E-state index in [2.05, 4.69) is 69.4 Å². The van der Waals surface area contributed by atoms with Crippen LogP contribution in [0.5, 0.6) is 0 Å². The van der Waals surface area contributed by atoms with Gasteiger partial charge >= 0.3 is 11.9 Å². The van der Waals surface area contributed by atoms with Gasteiger partial charge in [-0.3, -0.25) is 9.59 Å². The molecule has 0 rings (SSSR count). The number of esters is 2. The summed E-state index contributed by atoms with van der Waals surface area (Å²) in [6.45, 7) is 7.72. The summed E-state index contributed by atoms with van der Waals surface area (Å²) < 4.78 is 17.3. The molecule has 0 spiro atoms. The number of rotatable bonds is 46. The molecule has 1 unspecified atom stereocenters. The second-order valence-electron chi connectivity index (χ2n) is 16.7. The summed E-state index contributed by atoms with van der Waals surface area (Å²) in [6, 6.07) is 0. The Hall–Kier alpha value is -2.14. The summed E-state index contributed by atoms with van der Waals surface area (Å²) in [5.41, 5.74) is 0. The van der Waals surface area contributed by atoms with E-state index in [4.69, 9.17) is 14.2 Å². The van der Waals surface area contributed by atoms with Crippen LogP contribution in [0.2, 0.25) is 0 Å². The Balaban J connectivity index is 4.19. The van der Waals surface area contributed by atoms with E-state index in [0.717, 1.165) is 70.6 Å². The van der Waals surface area contributed by atoms with Crippen molar-refractivity contribution in [2.75, 3.05) is 19.8 Å². The van der Waals surface area contributed by atoms with Crippen LogP contribution in [0.3, 0.4) is 0 Å². The maximum Gasteiger partial charge on any atom is 0.306 e. The second-order valence-corrected chi connectivity index (χ2v) is 16.7. The van der Waals surface area contributed by atoms with Gasteiger partial charge in [0.1, 0.15) is 6.61 Å². The molecular formula is C53H96O5. The molecule has 5 nitrogen and oxygen atoms in total. The fraction of sp³-hybridized carbons (Fsp3) is 0.811. The molecule has 1 atom stereocenters. The first kappa shape index (κ1) is 55.9. The van der Waals surface area contributed by atoms with Gasteiger partial charge in [0.15, 0.2) is 6.10 Å². The van der Waals surface area contributed by atoms with E-state index in [1.54, 1.807) is 0 Å². The largest absolute Gasteiger partial charge is 0.462 e. The molecule has 0 radical (unpaired) electrons. The van der Waals surface area contributed by atoms with Crippen molar-refractivity contribution in [3.63, 3.8) is 0 Å². The lowest BCUT2D eigenvalue weighted by atomic mass is 10.1. The maximum absolute atomic E-state index is 12.7. The Morgan fingerprint density at radius 3 is 1.21 bits per heavy atom. The summed E-state index contributed by atoms with van der Waals surface area (Å²) >= 11 is 0. The first-order chi connectivity index (χ1) is 28.6. The molecule has 0 bridgehead atoms. The fourth-order valence-corrected chi connectivity index (χ4v) is 6.97. The fourth-order valence-electron chi connectivity index (χ4n) is 6.97. The van der Waals surface area contributed by atoms with Gasteiger partial charge in [-0.2, -0.15) is 0 Å². The quantitative estimate of drug-likeness (QED) is 0.0348. The van der Waals surface area contributed by atoms with Crippen molar-refractivity contribution < 1.29 is 23.8 Å². The zero-order chi connectivity index (χ0) is 42.1. The number of carbonyl (C=O) groups is 2. The average molecular weight is 813 g/mol. The van der Waals surface area contributed by atoms with E-state index in [1.807, 2.05) is 0 Å². The van der Waals surface area contributed by atoms with Gasteiger partial charge in [-0.05, 0) is 89.9 Å². The SMILES string of the molecule is CCCC/C=C\CCCCCCCC(=O)OCC(COCCCCCCCCCCCC/C=C\C/C=C\CCCCC)OC(=O)CCCCCCC/C=C\CCCC. The van der Waals surface area contributed by atoms with Crippen molar-refractivity contribution >= 4 is 11.9 Å². The molecule has 0 aromatic carbocycles. The van der Waals surface area contributed by atoms with E-state index in [9.17, 15) is 9.59 Å². The summed E-state index contributed by atoms with van der Waals surface area (Å²) in [5, 5.41) is 0. The minimum absolute atomic E-state index is 0.0776. The minimum atomic E-state index is -0.542. The topological polar surface area (TPSA) is 61.8 Å². The smallest absolute Gasteiger partial charge is 0.306 e. The Bertz CT molecular complexity index is 966. The first-order valence-electron chi connectivity index (χ1n) is 25.2. The summed E-state index contributed by atoms with van der Waals surface area (Å²) in [6.07, 6.45) is 59.8. The zero-order valence-corrected chi connectivity index (χ0v) is 38.8. The standard InChI is InChI=1S/C53H96O5/c1-4-7-10-13-16-19-22-23-24-25-26-27-28-29-30-33-36-39-42-45-48-56-49-51(58-53(55)47-44-41-38-35-32-21-18-15-12-9-6-3)50-57-52(54)46-43-40-37-34-31-20-17-14-11-8-5-2/h14-19,23-24,51H,4-13,20-22,25-50H2,1-3H3/b17-14-,18-15-,19-16-,24-23-. The van der Waals surface area contributed by atoms with Crippen LogP contribution < -0.4 is 0 Å². The average Bonchev–Trinajstić information content (AvgIpc) is 3.22. The molecule has 338 valence electrons. The molecule has 0 aromatic heterocycles. The number of allylic oxidation sites excluding steroid dienone is 8. The minimum Gasteiger partial charge on any atom is -0.462 e. The molecule has 0 aromatic rings. The summed E-state index contributed by atoms with van der Waals surface area (Å²) in [4.78, 5) is 25.3. The molecular weight excluding hydrogens is 717 g/mol. The van der Waals surface area contributed by atoms with Crippen LogP contribution in [-0.4, -0.2) is 37.9 Å². The highest BCUT2D eigenvalue weighted by Gasteiger charge is 2.17. The second kappa shape index (κ2) is 49.2. The Morgan fingerprint density at radius 1 is 0.379 bits per heavy atom. The summed E-state index contributed by atoms with van der Waals surface area (Å²) in [5.74, 6) is -0.416. The van der Waals surface area contributed by atoms with Crippen molar-refractivity contribution in [3.05, 3.63) is 48.6 Å². The van der Waals surface area contributed by atoms with Gasteiger partial charge < -0.3 is 14.2 Å². The molecule has 0 aliphatic rings. The third-order valence-electron chi connectivity index (χ3n) is 10.8. The molecule has 0 saturated carbocycles. The third-order valence-corrected chi connectivity index (χ3v) is 10.8. The molecule has 0 N–H and O–H groups in total. The van der Waals surface area contributed by atoms with Crippen LogP contribution in [0.1, 0.15) is 252 Å². The van der Waals surface area contributed by atoms with Crippen molar-refractivity contribution in [1.82, 2.24) is 0 Å². The number of hydrogen-bond acceptors (Lipinski definition) is 5. The van der Waals surface area contributed by atoms with Crippen LogP contribution in [0.15, 0.2) is 48.6 Å². The van der Waals surface area contributed by atoms with Crippen molar-refractivity contribution in [2.24, 2.45) is 0 Å². The van der Waals surface area contributed by atoms with E-state index < -0.39 is 6.10 Å². The number of ether oxygens (including phenoxy) is 3. The van der Waals surface area contributed by atoms with E-state index in [-0.39, 0.29) is 25.2 Å². The van der Waals surface area contributed by atoms with Crippen molar-refractivity contribution in [2.45, 2.75) is 258 Å². The lowest BCUT2D eigenvalue weighted by molar-refractivity contribution is -0.163. The predicted octanol–water partition coefficient (Wildman–Crippen LogP) is 16.8. The van der Waals surface area contributed by atoms with Gasteiger partial charge in [-0.15, -0.1) is 0 Å². The number of unbranched alkanes of at least 4 members (excludes halogenated alkanes) is 27. The van der Waals surface area contributed by atoms with Gasteiger partial charge in [0, 0.05) is 19.4 Å². The molecule has 0 amide bonds. The maximum atomic E-state index is 12.7. The highest BCUT2D eigenvalue weighted by atomic mass is 16.6. The zero-order valence-electron chi connectivity index (χ0n) is 38.8. The van der Waals surface area contributed by atoms with Crippen LogP contribution in [0.4, 0.5) is 0 Å². The van der Waals surface area contributed by atoms with Gasteiger partial charge in [0.25, 0.3) is 0 Å². The molecule has 0 aliphatic carbocycles. The summed E-state index contributed by atoms with van der Waals surface area (Å²) in [7, 11) is 0. The highest BCUT2D eigenvalue weighted by Crippen LogP contribution is 2.14. The molecule has 0 aliphatic heterocycles. The molecule has 0 fully saturated rings. The normalized spacial score (nSPS) is 12.5. The number of carbonyl (C=O) groups excluding carboxylic acids is 2. The molecule has 0 saturated heterocycles. The lowest BCUT2D eigenvalue weighted by Crippen LogP contribution is -2.30. The molecule has 0 heterocycles. The van der Waals surface area contributed by atoms with Crippen LogP contribution in [0, 0.1) is 0 Å². The van der Waals surface area contributed by atoms with Gasteiger partial charge in [-0.25, -0.2) is 0 Å². The van der Waals surface area contributed by atoms with Crippen LogP contribution in [-0.2, 0) is 23.8 Å². The van der Waals surface area contributed by atoms with Crippen LogP contribution >= 0.6 is 0 Å².